The van der Waals surface area contributed by atoms with Gasteiger partial charge in [-0.15, -0.1) is 0 Å². The van der Waals surface area contributed by atoms with E-state index in [0.717, 1.165) is 0 Å². The van der Waals surface area contributed by atoms with Gasteiger partial charge in [-0.1, -0.05) is 29.8 Å². The third-order valence-corrected chi connectivity index (χ3v) is 4.78. The number of carbonyl (C=O) groups is 1. The Morgan fingerprint density at radius 2 is 1.90 bits per heavy atom. The minimum atomic E-state index is -3.46. The van der Waals surface area contributed by atoms with E-state index in [1.807, 2.05) is 0 Å². The van der Waals surface area contributed by atoms with Crippen molar-refractivity contribution < 1.29 is 13.2 Å². The molecule has 0 bridgehead atoms. The number of hydrogen-bond acceptors (Lipinski definition) is 4. The molecule has 7 heteroatoms. The fourth-order valence-corrected chi connectivity index (χ4v) is 3.09. The zero-order valence-electron chi connectivity index (χ0n) is 11.0. The highest BCUT2D eigenvalue weighted by molar-refractivity contribution is 7.91. The number of amides is 1. The Kier molecular flexibility index (Phi) is 4.93. The van der Waals surface area contributed by atoms with E-state index in [0.29, 0.717) is 10.7 Å². The number of nitrogens with zero attached hydrogens (tertiary/aromatic N) is 1. The highest BCUT2D eigenvalue weighted by Crippen LogP contribution is 2.19. The van der Waals surface area contributed by atoms with Crippen molar-refractivity contribution in [3.05, 3.63) is 53.8 Å². The lowest BCUT2D eigenvalue weighted by molar-refractivity contribution is -0.115. The summed E-state index contributed by atoms with van der Waals surface area (Å²) in [4.78, 5) is 15.8. The van der Waals surface area contributed by atoms with Crippen molar-refractivity contribution in [2.24, 2.45) is 0 Å². The molecule has 0 fully saturated rings. The van der Waals surface area contributed by atoms with Crippen LogP contribution < -0.4 is 5.32 Å². The summed E-state index contributed by atoms with van der Waals surface area (Å²) < 4.78 is 24.1. The van der Waals surface area contributed by atoms with Crippen molar-refractivity contribution in [3.8, 4) is 0 Å². The second-order valence-electron chi connectivity index (χ2n) is 4.29. The minimum absolute atomic E-state index is 0.143. The molecular formula is C14H13ClN2O3S. The summed E-state index contributed by atoms with van der Waals surface area (Å²) in [5.74, 6) is -0.673. The Morgan fingerprint density at radius 1 is 1.19 bits per heavy atom. The number of pyridine rings is 1. The van der Waals surface area contributed by atoms with Crippen LogP contribution in [0, 0.1) is 0 Å². The van der Waals surface area contributed by atoms with E-state index >= 15 is 0 Å². The molecule has 0 radical (unpaired) electrons. The number of nitrogens with one attached hydrogen (secondary N) is 1. The van der Waals surface area contributed by atoms with Crippen LogP contribution in [0.3, 0.4) is 0 Å². The van der Waals surface area contributed by atoms with E-state index in [1.54, 1.807) is 24.3 Å². The monoisotopic (exact) mass is 324 g/mol. The molecule has 5 nitrogen and oxygen atoms in total. The number of hydrogen-bond donors (Lipinski definition) is 1. The molecule has 1 heterocycles. The predicted molar refractivity (Wildman–Crippen MR) is 81.0 cm³/mol. The van der Waals surface area contributed by atoms with Crippen LogP contribution in [-0.4, -0.2) is 25.1 Å². The molecule has 0 aliphatic carbocycles. The van der Waals surface area contributed by atoms with Gasteiger partial charge in [0.2, 0.25) is 5.91 Å². The Hall–Kier alpha value is -1.92. The lowest BCUT2D eigenvalue weighted by atomic mass is 10.3. The van der Waals surface area contributed by atoms with E-state index in [2.05, 4.69) is 10.3 Å². The molecule has 1 amide bonds. The van der Waals surface area contributed by atoms with Crippen molar-refractivity contribution >= 4 is 33.0 Å². The first-order valence-electron chi connectivity index (χ1n) is 6.16. The summed E-state index contributed by atoms with van der Waals surface area (Å²) in [6.45, 7) is 0. The van der Waals surface area contributed by atoms with Gasteiger partial charge in [0.15, 0.2) is 9.84 Å². The number of anilines is 1. The second-order valence-corrected chi connectivity index (χ2v) is 6.80. The van der Waals surface area contributed by atoms with Gasteiger partial charge >= 0.3 is 0 Å². The van der Waals surface area contributed by atoms with E-state index in [-0.39, 0.29) is 17.1 Å². The molecule has 21 heavy (non-hydrogen) atoms. The summed E-state index contributed by atoms with van der Waals surface area (Å²) in [5.41, 5.74) is 0.411. The molecular weight excluding hydrogens is 312 g/mol. The first-order valence-corrected chi connectivity index (χ1v) is 8.19. The maximum absolute atomic E-state index is 12.0. The quantitative estimate of drug-likeness (QED) is 0.917. The van der Waals surface area contributed by atoms with Gasteiger partial charge in [-0.3, -0.25) is 9.78 Å². The zero-order valence-corrected chi connectivity index (χ0v) is 12.6. The fourth-order valence-electron chi connectivity index (χ4n) is 1.66. The standard InChI is InChI=1S/C14H13ClN2O3S/c15-12-10-16-8-6-13(12)17-14(18)7-9-21(19,20)11-4-2-1-3-5-11/h1-6,8,10H,7,9H2,(H,16,17,18). The number of halogens is 1. The Balaban J connectivity index is 1.97. The molecule has 110 valence electrons. The van der Waals surface area contributed by atoms with Crippen LogP contribution in [0.1, 0.15) is 6.42 Å². The first kappa shape index (κ1) is 15.5. The van der Waals surface area contributed by atoms with Crippen molar-refractivity contribution in [2.75, 3.05) is 11.1 Å². The average Bonchev–Trinajstić information content (AvgIpc) is 2.49. The van der Waals surface area contributed by atoms with E-state index in [9.17, 15) is 13.2 Å². The van der Waals surface area contributed by atoms with Gasteiger partial charge < -0.3 is 5.32 Å². The molecule has 1 aromatic carbocycles. The maximum Gasteiger partial charge on any atom is 0.225 e. The lowest BCUT2D eigenvalue weighted by Gasteiger charge is -2.07. The molecule has 2 aromatic rings. The van der Waals surface area contributed by atoms with Gasteiger partial charge in [-0.05, 0) is 18.2 Å². The summed E-state index contributed by atoms with van der Waals surface area (Å²) in [6.07, 6.45) is 2.75. The summed E-state index contributed by atoms with van der Waals surface area (Å²) in [5, 5.41) is 2.86. The molecule has 0 atom stereocenters. The van der Waals surface area contributed by atoms with Gasteiger partial charge in [-0.25, -0.2) is 8.42 Å². The number of rotatable bonds is 5. The number of sulfone groups is 1. The van der Waals surface area contributed by atoms with Crippen LogP contribution in [0.2, 0.25) is 5.02 Å². The first-order chi connectivity index (χ1) is 9.99. The van der Waals surface area contributed by atoms with Crippen molar-refractivity contribution in [1.82, 2.24) is 4.98 Å². The molecule has 0 spiro atoms. The van der Waals surface area contributed by atoms with Crippen LogP contribution in [0.25, 0.3) is 0 Å². The maximum atomic E-state index is 12.0. The van der Waals surface area contributed by atoms with E-state index in [1.165, 1.54) is 24.5 Å². The molecule has 0 unspecified atom stereocenters. The number of aromatic nitrogens is 1. The lowest BCUT2D eigenvalue weighted by Crippen LogP contribution is -2.17. The highest BCUT2D eigenvalue weighted by Gasteiger charge is 2.16. The zero-order chi connectivity index (χ0) is 15.3. The SMILES string of the molecule is O=C(CCS(=O)(=O)c1ccccc1)Nc1ccncc1Cl. The highest BCUT2D eigenvalue weighted by atomic mass is 35.5. The van der Waals surface area contributed by atoms with Gasteiger partial charge in [0.05, 0.1) is 21.4 Å². The molecule has 1 N–H and O–H groups in total. The predicted octanol–water partition coefficient (Wildman–Crippen LogP) is 2.54. The van der Waals surface area contributed by atoms with Gasteiger partial charge in [0.1, 0.15) is 0 Å². The Morgan fingerprint density at radius 3 is 2.57 bits per heavy atom. The molecule has 1 aromatic heterocycles. The minimum Gasteiger partial charge on any atom is -0.325 e. The Bertz CT molecular complexity index is 733. The van der Waals surface area contributed by atoms with Crippen molar-refractivity contribution in [1.29, 1.82) is 0 Å². The largest absolute Gasteiger partial charge is 0.325 e. The molecule has 0 aliphatic rings. The molecule has 2 rings (SSSR count). The smallest absolute Gasteiger partial charge is 0.225 e. The summed E-state index contributed by atoms with van der Waals surface area (Å²) >= 11 is 5.86. The van der Waals surface area contributed by atoms with Crippen LogP contribution in [-0.2, 0) is 14.6 Å². The van der Waals surface area contributed by atoms with Gasteiger partial charge in [0, 0.05) is 18.8 Å². The molecule has 0 saturated heterocycles. The van der Waals surface area contributed by atoms with Crippen molar-refractivity contribution in [2.45, 2.75) is 11.3 Å². The third kappa shape index (κ3) is 4.27. The normalized spacial score (nSPS) is 11.1. The van der Waals surface area contributed by atoms with Crippen LogP contribution in [0.5, 0.6) is 0 Å². The Labute approximate surface area is 127 Å². The van der Waals surface area contributed by atoms with E-state index in [4.69, 9.17) is 11.6 Å². The number of benzene rings is 1. The van der Waals surface area contributed by atoms with Gasteiger partial charge in [0.25, 0.3) is 0 Å². The average molecular weight is 325 g/mol. The second kappa shape index (κ2) is 6.69. The van der Waals surface area contributed by atoms with E-state index < -0.39 is 15.7 Å². The molecule has 0 aliphatic heterocycles. The molecule has 0 saturated carbocycles. The van der Waals surface area contributed by atoms with Crippen molar-refractivity contribution in [3.63, 3.8) is 0 Å². The third-order valence-electron chi connectivity index (χ3n) is 2.75. The topological polar surface area (TPSA) is 76.1 Å². The fraction of sp³-hybridized carbons (Fsp3) is 0.143. The van der Waals surface area contributed by atoms with Crippen LogP contribution in [0.15, 0.2) is 53.7 Å². The van der Waals surface area contributed by atoms with Gasteiger partial charge in [-0.2, -0.15) is 0 Å². The van der Waals surface area contributed by atoms with Crippen LogP contribution >= 0.6 is 11.6 Å². The summed E-state index contributed by atoms with van der Waals surface area (Å²) in [7, 11) is -3.46. The number of carbonyl (C=O) groups excluding carboxylic acids is 1. The summed E-state index contributed by atoms with van der Waals surface area (Å²) in [6, 6.07) is 9.58. The van der Waals surface area contributed by atoms with Crippen LogP contribution in [0.4, 0.5) is 5.69 Å².